The summed E-state index contributed by atoms with van der Waals surface area (Å²) in [4.78, 5) is 11.0. The fourth-order valence-electron chi connectivity index (χ4n) is 2.58. The maximum atomic E-state index is 11.0. The zero-order valence-electron chi connectivity index (χ0n) is 9.41. The number of ether oxygens (including phenoxy) is 2. The molecule has 1 aliphatic carbocycles. The molecule has 1 heterocycles. The van der Waals surface area contributed by atoms with E-state index in [0.29, 0.717) is 0 Å². The first-order valence-electron chi connectivity index (χ1n) is 5.71. The van der Waals surface area contributed by atoms with Crippen LogP contribution in [-0.4, -0.2) is 17.7 Å². The van der Waals surface area contributed by atoms with E-state index in [1.807, 2.05) is 13.0 Å². The van der Waals surface area contributed by atoms with Crippen LogP contribution < -0.4 is 0 Å². The number of esters is 1. The lowest BCUT2D eigenvalue weighted by Gasteiger charge is -2.34. The average Bonchev–Trinajstić information content (AvgIpc) is 2.43. The van der Waals surface area contributed by atoms with Gasteiger partial charge in [0.2, 0.25) is 0 Å². The molecule has 0 aromatic rings. The first-order valence-corrected chi connectivity index (χ1v) is 5.71. The van der Waals surface area contributed by atoms with Crippen LogP contribution in [0.1, 0.15) is 46.0 Å². The molecule has 1 unspecified atom stereocenters. The van der Waals surface area contributed by atoms with Crippen molar-refractivity contribution in [2.75, 3.05) is 0 Å². The van der Waals surface area contributed by atoms with E-state index in [4.69, 9.17) is 9.47 Å². The van der Waals surface area contributed by atoms with Gasteiger partial charge < -0.3 is 9.47 Å². The van der Waals surface area contributed by atoms with Gasteiger partial charge in [0.1, 0.15) is 11.4 Å². The van der Waals surface area contributed by atoms with Gasteiger partial charge in [-0.2, -0.15) is 0 Å². The summed E-state index contributed by atoms with van der Waals surface area (Å²) in [5.41, 5.74) is -0.288. The minimum Gasteiger partial charge on any atom is -0.428 e. The van der Waals surface area contributed by atoms with E-state index in [-0.39, 0.29) is 17.7 Å². The van der Waals surface area contributed by atoms with Gasteiger partial charge in [-0.05, 0) is 25.8 Å². The first kappa shape index (κ1) is 10.7. The van der Waals surface area contributed by atoms with Crippen LogP contribution in [0, 0.1) is 0 Å². The van der Waals surface area contributed by atoms with Gasteiger partial charge in [-0.15, -0.1) is 0 Å². The van der Waals surface area contributed by atoms with Gasteiger partial charge in [0.25, 0.3) is 0 Å². The fraction of sp³-hybridized carbons (Fsp3) is 0.750. The second-order valence-corrected chi connectivity index (χ2v) is 4.50. The van der Waals surface area contributed by atoms with Gasteiger partial charge in [0.15, 0.2) is 0 Å². The van der Waals surface area contributed by atoms with Gasteiger partial charge in [0, 0.05) is 6.92 Å². The minimum atomic E-state index is -0.288. The SMILES string of the molecule is CC(=O)OC1=CC(C)OC12CCCCC2. The van der Waals surface area contributed by atoms with Crippen molar-refractivity contribution >= 4 is 5.97 Å². The lowest BCUT2D eigenvalue weighted by molar-refractivity contribution is -0.142. The second kappa shape index (κ2) is 3.97. The van der Waals surface area contributed by atoms with E-state index in [1.54, 1.807) is 0 Å². The van der Waals surface area contributed by atoms with Crippen LogP contribution in [0.4, 0.5) is 0 Å². The molecule has 3 nitrogen and oxygen atoms in total. The molecule has 84 valence electrons. The average molecular weight is 210 g/mol. The van der Waals surface area contributed by atoms with E-state index in [9.17, 15) is 4.79 Å². The molecule has 2 aliphatic rings. The van der Waals surface area contributed by atoms with Crippen molar-refractivity contribution in [1.29, 1.82) is 0 Å². The smallest absolute Gasteiger partial charge is 0.307 e. The van der Waals surface area contributed by atoms with Crippen LogP contribution in [0.15, 0.2) is 11.8 Å². The van der Waals surface area contributed by atoms with Crippen molar-refractivity contribution in [3.05, 3.63) is 11.8 Å². The second-order valence-electron chi connectivity index (χ2n) is 4.50. The van der Waals surface area contributed by atoms with Crippen LogP contribution >= 0.6 is 0 Å². The Hall–Kier alpha value is -0.830. The van der Waals surface area contributed by atoms with Crippen molar-refractivity contribution in [2.45, 2.75) is 57.7 Å². The standard InChI is InChI=1S/C12H18O3/c1-9-8-11(14-10(2)13)12(15-9)6-4-3-5-7-12/h8-9H,3-7H2,1-2H3. The van der Waals surface area contributed by atoms with Crippen molar-refractivity contribution < 1.29 is 14.3 Å². The molecule has 15 heavy (non-hydrogen) atoms. The summed E-state index contributed by atoms with van der Waals surface area (Å²) in [6, 6.07) is 0. The molecule has 0 saturated heterocycles. The van der Waals surface area contributed by atoms with E-state index in [0.717, 1.165) is 31.4 Å². The summed E-state index contributed by atoms with van der Waals surface area (Å²) in [5.74, 6) is 0.506. The normalized spacial score (nSPS) is 28.9. The van der Waals surface area contributed by atoms with Crippen molar-refractivity contribution in [3.8, 4) is 0 Å². The largest absolute Gasteiger partial charge is 0.428 e. The highest BCUT2D eigenvalue weighted by Gasteiger charge is 2.44. The predicted molar refractivity (Wildman–Crippen MR) is 56.2 cm³/mol. The summed E-state index contributed by atoms with van der Waals surface area (Å²) >= 11 is 0. The number of rotatable bonds is 1. The Balaban J connectivity index is 2.16. The Labute approximate surface area is 90.4 Å². The Morgan fingerprint density at radius 3 is 2.73 bits per heavy atom. The molecule has 0 aromatic heterocycles. The van der Waals surface area contributed by atoms with Crippen LogP contribution in [0.2, 0.25) is 0 Å². The lowest BCUT2D eigenvalue weighted by Crippen LogP contribution is -2.36. The Bertz CT molecular complexity index is 287. The van der Waals surface area contributed by atoms with Crippen LogP contribution in [-0.2, 0) is 14.3 Å². The third-order valence-electron chi connectivity index (χ3n) is 3.16. The fourth-order valence-corrected chi connectivity index (χ4v) is 2.58. The Kier molecular flexibility index (Phi) is 2.83. The molecule has 1 spiro atoms. The summed E-state index contributed by atoms with van der Waals surface area (Å²) in [6.07, 6.45) is 7.54. The highest BCUT2D eigenvalue weighted by atomic mass is 16.6. The van der Waals surface area contributed by atoms with Crippen LogP contribution in [0.3, 0.4) is 0 Å². The predicted octanol–water partition coefficient (Wildman–Crippen LogP) is 2.56. The zero-order valence-corrected chi connectivity index (χ0v) is 9.41. The molecule has 0 aromatic carbocycles. The molecule has 1 saturated carbocycles. The highest BCUT2D eigenvalue weighted by molar-refractivity contribution is 5.67. The molecule has 0 amide bonds. The molecule has 0 N–H and O–H groups in total. The monoisotopic (exact) mass is 210 g/mol. The van der Waals surface area contributed by atoms with Gasteiger partial charge in [0.05, 0.1) is 6.10 Å². The lowest BCUT2D eigenvalue weighted by atomic mass is 9.84. The maximum absolute atomic E-state index is 11.0. The number of carbonyl (C=O) groups is 1. The number of carbonyl (C=O) groups excluding carboxylic acids is 1. The van der Waals surface area contributed by atoms with Crippen molar-refractivity contribution in [2.24, 2.45) is 0 Å². The molecule has 0 radical (unpaired) electrons. The summed E-state index contributed by atoms with van der Waals surface area (Å²) < 4.78 is 11.2. The summed E-state index contributed by atoms with van der Waals surface area (Å²) in [7, 11) is 0. The van der Waals surface area contributed by atoms with Gasteiger partial charge >= 0.3 is 5.97 Å². The van der Waals surface area contributed by atoms with Crippen molar-refractivity contribution in [3.63, 3.8) is 0 Å². The number of hydrogen-bond donors (Lipinski definition) is 0. The third kappa shape index (κ3) is 2.07. The first-order chi connectivity index (χ1) is 7.12. The summed E-state index contributed by atoms with van der Waals surface area (Å²) in [6.45, 7) is 3.44. The van der Waals surface area contributed by atoms with Gasteiger partial charge in [-0.3, -0.25) is 4.79 Å². The Morgan fingerprint density at radius 1 is 1.47 bits per heavy atom. The van der Waals surface area contributed by atoms with Crippen LogP contribution in [0.25, 0.3) is 0 Å². The molecule has 1 atom stereocenters. The zero-order chi connectivity index (χ0) is 10.9. The quantitative estimate of drug-likeness (QED) is 0.624. The molecule has 1 fully saturated rings. The van der Waals surface area contributed by atoms with Crippen molar-refractivity contribution in [1.82, 2.24) is 0 Å². The maximum Gasteiger partial charge on any atom is 0.307 e. The molecular weight excluding hydrogens is 192 g/mol. The molecule has 0 bridgehead atoms. The van der Waals surface area contributed by atoms with E-state index in [2.05, 4.69) is 0 Å². The molecular formula is C12H18O3. The van der Waals surface area contributed by atoms with Gasteiger partial charge in [-0.25, -0.2) is 0 Å². The van der Waals surface area contributed by atoms with E-state index < -0.39 is 0 Å². The topological polar surface area (TPSA) is 35.5 Å². The Morgan fingerprint density at radius 2 is 2.13 bits per heavy atom. The molecule has 1 aliphatic heterocycles. The van der Waals surface area contributed by atoms with E-state index in [1.165, 1.54) is 13.3 Å². The molecule has 3 heteroatoms. The van der Waals surface area contributed by atoms with Gasteiger partial charge in [-0.1, -0.05) is 19.3 Å². The number of hydrogen-bond acceptors (Lipinski definition) is 3. The molecule has 2 rings (SSSR count). The third-order valence-corrected chi connectivity index (χ3v) is 3.16. The summed E-state index contributed by atoms with van der Waals surface area (Å²) in [5, 5.41) is 0. The van der Waals surface area contributed by atoms with E-state index >= 15 is 0 Å². The minimum absolute atomic E-state index is 0.0671. The highest BCUT2D eigenvalue weighted by Crippen LogP contribution is 2.43. The van der Waals surface area contributed by atoms with Crippen LogP contribution in [0.5, 0.6) is 0 Å².